The highest BCUT2D eigenvalue weighted by Gasteiger charge is 2.44. The predicted molar refractivity (Wildman–Crippen MR) is 100 cm³/mol. The van der Waals surface area contributed by atoms with E-state index in [4.69, 9.17) is 4.74 Å². The molecule has 0 bridgehead atoms. The zero-order valence-corrected chi connectivity index (χ0v) is 15.2. The lowest BCUT2D eigenvalue weighted by Crippen LogP contribution is -2.37. The van der Waals surface area contributed by atoms with Gasteiger partial charge in [0.2, 0.25) is 0 Å². The van der Waals surface area contributed by atoms with Crippen molar-refractivity contribution in [2.24, 2.45) is 0 Å². The van der Waals surface area contributed by atoms with Crippen molar-refractivity contribution in [3.8, 4) is 0 Å². The summed E-state index contributed by atoms with van der Waals surface area (Å²) >= 11 is 0. The Morgan fingerprint density at radius 2 is 1.69 bits per heavy atom. The van der Waals surface area contributed by atoms with E-state index in [9.17, 15) is 13.2 Å². The molecule has 1 fully saturated rings. The summed E-state index contributed by atoms with van der Waals surface area (Å²) in [5, 5.41) is 2.36. The van der Waals surface area contributed by atoms with Gasteiger partial charge in [0, 0.05) is 6.04 Å². The zero-order valence-electron chi connectivity index (χ0n) is 14.4. The lowest BCUT2D eigenvalue weighted by atomic mass is 10.1. The third kappa shape index (κ3) is 3.86. The Morgan fingerprint density at radius 3 is 2.31 bits per heavy atom. The fourth-order valence-corrected chi connectivity index (χ4v) is 5.04. The summed E-state index contributed by atoms with van der Waals surface area (Å²) in [6, 6.07) is 16.8. The molecule has 0 aliphatic carbocycles. The summed E-state index contributed by atoms with van der Waals surface area (Å²) in [4.78, 5) is 12.2. The number of sulfone groups is 1. The van der Waals surface area contributed by atoms with Crippen molar-refractivity contribution in [2.75, 3.05) is 7.11 Å². The maximum absolute atomic E-state index is 13.1. The average Bonchev–Trinajstić information content (AvgIpc) is 3.12. The Morgan fingerprint density at radius 1 is 1.08 bits per heavy atom. The molecule has 1 aliphatic rings. The first kappa shape index (κ1) is 18.4. The van der Waals surface area contributed by atoms with Crippen molar-refractivity contribution in [3.05, 3.63) is 72.3 Å². The molecule has 2 aromatic rings. The quantitative estimate of drug-likeness (QED) is 0.818. The Bertz CT molecular complexity index is 879. The molecule has 1 heterocycles. The predicted octanol–water partition coefficient (Wildman–Crippen LogP) is 2.45. The maximum Gasteiger partial charge on any atom is 0.322 e. The van der Waals surface area contributed by atoms with E-state index in [2.05, 4.69) is 5.32 Å². The van der Waals surface area contributed by atoms with Gasteiger partial charge in [-0.05, 0) is 24.1 Å². The third-order valence-electron chi connectivity index (χ3n) is 4.51. The minimum Gasteiger partial charge on any atom is -0.468 e. The number of methoxy groups -OCH3 is 1. The highest BCUT2D eigenvalue weighted by molar-refractivity contribution is 7.92. The summed E-state index contributed by atoms with van der Waals surface area (Å²) in [7, 11) is -2.29. The lowest BCUT2D eigenvalue weighted by Gasteiger charge is -2.17. The topological polar surface area (TPSA) is 72.5 Å². The molecule has 0 amide bonds. The average molecular weight is 371 g/mol. The van der Waals surface area contributed by atoms with Gasteiger partial charge in [0.25, 0.3) is 0 Å². The van der Waals surface area contributed by atoms with Crippen LogP contribution >= 0.6 is 0 Å². The first-order chi connectivity index (χ1) is 12.5. The smallest absolute Gasteiger partial charge is 0.322 e. The molecule has 0 aromatic heterocycles. The van der Waals surface area contributed by atoms with Gasteiger partial charge < -0.3 is 4.74 Å². The third-order valence-corrected chi connectivity index (χ3v) is 6.73. The number of hydrogen-bond acceptors (Lipinski definition) is 5. The normalized spacial score (nSPS) is 23.2. The molecule has 26 heavy (non-hydrogen) atoms. The van der Waals surface area contributed by atoms with Crippen LogP contribution in [0.15, 0.2) is 71.6 Å². The van der Waals surface area contributed by atoms with Gasteiger partial charge in [0.15, 0.2) is 9.84 Å². The number of esters is 1. The first-order valence-corrected chi connectivity index (χ1v) is 9.93. The molecule has 2 aromatic carbocycles. The van der Waals surface area contributed by atoms with E-state index in [1.807, 2.05) is 42.5 Å². The fraction of sp³-hybridized carbons (Fsp3) is 0.250. The van der Waals surface area contributed by atoms with Crippen LogP contribution in [0.4, 0.5) is 0 Å². The number of nitrogens with one attached hydrogen (secondary N) is 1. The van der Waals surface area contributed by atoms with Crippen LogP contribution < -0.4 is 5.32 Å². The summed E-state index contributed by atoms with van der Waals surface area (Å²) in [5.74, 6) is -0.450. The Balaban J connectivity index is 1.91. The molecule has 0 saturated carbocycles. The molecule has 1 saturated heterocycles. The van der Waals surface area contributed by atoms with Gasteiger partial charge in [-0.3, -0.25) is 10.1 Å². The summed E-state index contributed by atoms with van der Waals surface area (Å²) < 4.78 is 31.0. The van der Waals surface area contributed by atoms with Crippen molar-refractivity contribution < 1.29 is 17.9 Å². The number of ether oxygens (including phenoxy) is 1. The second-order valence-corrected chi connectivity index (χ2v) is 8.34. The van der Waals surface area contributed by atoms with Gasteiger partial charge in [-0.15, -0.1) is 0 Å². The molecule has 0 unspecified atom stereocenters. The fourth-order valence-electron chi connectivity index (χ4n) is 3.16. The molecular weight excluding hydrogens is 350 g/mol. The van der Waals surface area contributed by atoms with E-state index in [-0.39, 0.29) is 11.3 Å². The van der Waals surface area contributed by atoms with Crippen molar-refractivity contribution in [3.63, 3.8) is 0 Å². The summed E-state index contributed by atoms with van der Waals surface area (Å²) in [6.45, 7) is 0. The lowest BCUT2D eigenvalue weighted by molar-refractivity contribution is -0.142. The van der Waals surface area contributed by atoms with Crippen molar-refractivity contribution >= 4 is 21.9 Å². The van der Waals surface area contributed by atoms with E-state index in [0.717, 1.165) is 5.56 Å². The van der Waals surface area contributed by atoms with Crippen LogP contribution in [0.1, 0.15) is 12.0 Å². The van der Waals surface area contributed by atoms with Crippen LogP contribution in [-0.2, 0) is 19.4 Å². The van der Waals surface area contributed by atoms with Crippen LogP contribution in [0.5, 0.6) is 0 Å². The van der Waals surface area contributed by atoms with Gasteiger partial charge in [-0.25, -0.2) is 8.42 Å². The highest BCUT2D eigenvalue weighted by atomic mass is 32.2. The molecule has 1 aliphatic heterocycles. The zero-order chi connectivity index (χ0) is 18.6. The standard InChI is InChI=1S/C20H21NO4S/c1-25-20(22)18-14-19(26(23,24)16-10-6-3-7-11-16)17(21-18)13-12-15-8-4-2-5-9-15/h2-13,17-19,21H,14H2,1H3/b13-12+/t17-,18-,19+/m1/s1. The van der Waals surface area contributed by atoms with Gasteiger partial charge in [-0.1, -0.05) is 60.7 Å². The Labute approximate surface area is 153 Å². The molecular formula is C20H21NO4S. The van der Waals surface area contributed by atoms with E-state index >= 15 is 0 Å². The van der Waals surface area contributed by atoms with Crippen molar-refractivity contribution in [1.29, 1.82) is 0 Å². The van der Waals surface area contributed by atoms with Crippen LogP contribution in [0.2, 0.25) is 0 Å². The number of benzene rings is 2. The highest BCUT2D eigenvalue weighted by Crippen LogP contribution is 2.28. The number of hydrogen-bond donors (Lipinski definition) is 1. The molecule has 6 heteroatoms. The molecule has 3 atom stereocenters. The molecule has 5 nitrogen and oxygen atoms in total. The monoisotopic (exact) mass is 371 g/mol. The van der Waals surface area contributed by atoms with E-state index < -0.39 is 33.1 Å². The van der Waals surface area contributed by atoms with Gasteiger partial charge in [0.1, 0.15) is 6.04 Å². The van der Waals surface area contributed by atoms with Crippen LogP contribution in [0, 0.1) is 0 Å². The van der Waals surface area contributed by atoms with Crippen LogP contribution in [-0.4, -0.2) is 38.8 Å². The van der Waals surface area contributed by atoms with Gasteiger partial charge >= 0.3 is 5.97 Å². The second kappa shape index (κ2) is 7.85. The van der Waals surface area contributed by atoms with E-state index in [0.29, 0.717) is 0 Å². The number of rotatable bonds is 5. The molecule has 136 valence electrons. The van der Waals surface area contributed by atoms with Gasteiger partial charge in [-0.2, -0.15) is 0 Å². The Hall–Kier alpha value is -2.44. The molecule has 1 N–H and O–H groups in total. The first-order valence-electron chi connectivity index (χ1n) is 8.38. The second-order valence-electron chi connectivity index (χ2n) is 6.17. The minimum absolute atomic E-state index is 0.174. The van der Waals surface area contributed by atoms with E-state index in [1.165, 1.54) is 7.11 Å². The molecule has 3 rings (SSSR count). The summed E-state index contributed by atoms with van der Waals surface area (Å²) in [5.41, 5.74) is 0.965. The van der Waals surface area contributed by atoms with Crippen molar-refractivity contribution in [2.45, 2.75) is 28.6 Å². The number of carbonyl (C=O) groups is 1. The minimum atomic E-state index is -3.59. The summed E-state index contributed by atoms with van der Waals surface area (Å²) in [6.07, 6.45) is 3.85. The largest absolute Gasteiger partial charge is 0.468 e. The molecule has 0 radical (unpaired) electrons. The number of carbonyl (C=O) groups excluding carboxylic acids is 1. The molecule has 0 spiro atoms. The Kier molecular flexibility index (Phi) is 5.54. The van der Waals surface area contributed by atoms with Crippen LogP contribution in [0.25, 0.3) is 6.08 Å². The SMILES string of the molecule is COC(=O)[C@H]1C[C@H](S(=O)(=O)c2ccccc2)[C@@H](/C=C/c2ccccc2)N1. The maximum atomic E-state index is 13.1. The van der Waals surface area contributed by atoms with Crippen LogP contribution in [0.3, 0.4) is 0 Å². The van der Waals surface area contributed by atoms with E-state index in [1.54, 1.807) is 30.3 Å². The van der Waals surface area contributed by atoms with Crippen molar-refractivity contribution in [1.82, 2.24) is 5.32 Å². The van der Waals surface area contributed by atoms with Gasteiger partial charge in [0.05, 0.1) is 17.3 Å².